The van der Waals surface area contributed by atoms with Gasteiger partial charge in [-0.05, 0) is 24.6 Å². The minimum absolute atomic E-state index is 0.0787. The summed E-state index contributed by atoms with van der Waals surface area (Å²) in [5.41, 5.74) is 5.01. The third kappa shape index (κ3) is 6.76. The van der Waals surface area contributed by atoms with Crippen LogP contribution in [0.5, 0.6) is 5.75 Å². The van der Waals surface area contributed by atoms with Gasteiger partial charge in [0, 0.05) is 12.2 Å². The highest BCUT2D eigenvalue weighted by molar-refractivity contribution is 5.94. The SMILES string of the molecule is CCOc1ccc(CC(=O)NNC(=O)C=CC(=O)O)cc1. The van der Waals surface area contributed by atoms with Crippen molar-refractivity contribution in [3.63, 3.8) is 0 Å². The van der Waals surface area contributed by atoms with Gasteiger partial charge in [-0.3, -0.25) is 20.4 Å². The van der Waals surface area contributed by atoms with Crippen molar-refractivity contribution >= 4 is 17.8 Å². The highest BCUT2D eigenvalue weighted by Gasteiger charge is 2.04. The summed E-state index contributed by atoms with van der Waals surface area (Å²) in [7, 11) is 0. The van der Waals surface area contributed by atoms with Gasteiger partial charge in [0.15, 0.2) is 0 Å². The third-order valence-corrected chi connectivity index (χ3v) is 2.30. The predicted octanol–water partition coefficient (Wildman–Crippen LogP) is 0.416. The van der Waals surface area contributed by atoms with Gasteiger partial charge in [-0.15, -0.1) is 0 Å². The largest absolute Gasteiger partial charge is 0.494 e. The maximum absolute atomic E-state index is 11.6. The molecule has 21 heavy (non-hydrogen) atoms. The number of hydrogen-bond acceptors (Lipinski definition) is 4. The van der Waals surface area contributed by atoms with Crippen LogP contribution in [0.4, 0.5) is 0 Å². The van der Waals surface area contributed by atoms with Crippen molar-refractivity contribution in [2.24, 2.45) is 0 Å². The van der Waals surface area contributed by atoms with Crippen molar-refractivity contribution < 1.29 is 24.2 Å². The van der Waals surface area contributed by atoms with Crippen LogP contribution in [-0.2, 0) is 20.8 Å². The van der Waals surface area contributed by atoms with Gasteiger partial charge in [-0.2, -0.15) is 0 Å². The number of aliphatic carboxylic acids is 1. The molecule has 0 aliphatic heterocycles. The van der Waals surface area contributed by atoms with Crippen LogP contribution in [0, 0.1) is 0 Å². The maximum Gasteiger partial charge on any atom is 0.328 e. The summed E-state index contributed by atoms with van der Waals surface area (Å²) in [5.74, 6) is -1.67. The van der Waals surface area contributed by atoms with E-state index >= 15 is 0 Å². The van der Waals surface area contributed by atoms with Crippen LogP contribution < -0.4 is 15.6 Å². The molecule has 0 fully saturated rings. The first-order valence-corrected chi connectivity index (χ1v) is 6.23. The average molecular weight is 292 g/mol. The molecule has 0 spiro atoms. The highest BCUT2D eigenvalue weighted by Crippen LogP contribution is 2.12. The van der Waals surface area contributed by atoms with Gasteiger partial charge < -0.3 is 9.84 Å². The van der Waals surface area contributed by atoms with E-state index in [1.807, 2.05) is 6.92 Å². The summed E-state index contributed by atoms with van der Waals surface area (Å²) in [6.07, 6.45) is 1.56. The van der Waals surface area contributed by atoms with Crippen molar-refractivity contribution in [1.29, 1.82) is 0 Å². The number of nitrogens with one attached hydrogen (secondary N) is 2. The first-order chi connectivity index (χ1) is 10.0. The van der Waals surface area contributed by atoms with Crippen LogP contribution in [0.2, 0.25) is 0 Å². The molecule has 1 rings (SSSR count). The minimum Gasteiger partial charge on any atom is -0.494 e. The lowest BCUT2D eigenvalue weighted by atomic mass is 10.1. The van der Waals surface area contributed by atoms with E-state index < -0.39 is 17.8 Å². The number of hydrazine groups is 1. The molecule has 7 nitrogen and oxygen atoms in total. The van der Waals surface area contributed by atoms with E-state index in [4.69, 9.17) is 9.84 Å². The van der Waals surface area contributed by atoms with E-state index in [1.54, 1.807) is 24.3 Å². The quantitative estimate of drug-likeness (QED) is 0.520. The lowest BCUT2D eigenvalue weighted by Crippen LogP contribution is -2.41. The second-order valence-corrected chi connectivity index (χ2v) is 3.96. The van der Waals surface area contributed by atoms with Crippen LogP contribution in [0.15, 0.2) is 36.4 Å². The highest BCUT2D eigenvalue weighted by atomic mass is 16.5. The van der Waals surface area contributed by atoms with Crippen LogP contribution in [0.1, 0.15) is 12.5 Å². The number of carbonyl (C=O) groups excluding carboxylic acids is 2. The Labute approximate surface area is 121 Å². The summed E-state index contributed by atoms with van der Waals surface area (Å²) in [6.45, 7) is 2.44. The first-order valence-electron chi connectivity index (χ1n) is 6.23. The number of amides is 2. The fourth-order valence-corrected chi connectivity index (χ4v) is 1.42. The van der Waals surface area contributed by atoms with Gasteiger partial charge in [0.2, 0.25) is 5.91 Å². The molecule has 7 heteroatoms. The molecule has 0 radical (unpaired) electrons. The number of benzene rings is 1. The fraction of sp³-hybridized carbons (Fsp3) is 0.214. The summed E-state index contributed by atoms with van der Waals surface area (Å²) in [5, 5.41) is 8.33. The number of hydrogen-bond donors (Lipinski definition) is 3. The standard InChI is InChI=1S/C14H16N2O5/c1-2-21-11-5-3-10(4-6-11)9-13(18)16-15-12(17)7-8-14(19)20/h3-8H,2,9H2,1H3,(H,15,17)(H,16,18)(H,19,20). The number of ether oxygens (including phenoxy) is 1. The van der Waals surface area contributed by atoms with Crippen LogP contribution >= 0.6 is 0 Å². The molecule has 3 N–H and O–H groups in total. The molecular weight excluding hydrogens is 276 g/mol. The second kappa shape index (κ2) is 8.36. The number of rotatable bonds is 6. The fourth-order valence-electron chi connectivity index (χ4n) is 1.42. The lowest BCUT2D eigenvalue weighted by molar-refractivity contribution is -0.131. The number of carbonyl (C=O) groups is 3. The molecule has 0 atom stereocenters. The zero-order valence-corrected chi connectivity index (χ0v) is 11.5. The van der Waals surface area contributed by atoms with Gasteiger partial charge in [0.05, 0.1) is 13.0 Å². The van der Waals surface area contributed by atoms with Crippen molar-refractivity contribution in [3.05, 3.63) is 42.0 Å². The Balaban J connectivity index is 2.39. The van der Waals surface area contributed by atoms with Gasteiger partial charge in [-0.1, -0.05) is 12.1 Å². The predicted molar refractivity (Wildman–Crippen MR) is 74.4 cm³/mol. The summed E-state index contributed by atoms with van der Waals surface area (Å²) in [6, 6.07) is 6.99. The molecule has 2 amide bonds. The molecule has 0 aliphatic rings. The van der Waals surface area contributed by atoms with E-state index in [0.717, 1.165) is 11.6 Å². The number of carboxylic acid groups (broad SMARTS) is 1. The van der Waals surface area contributed by atoms with Crippen LogP contribution in [-0.4, -0.2) is 29.5 Å². The lowest BCUT2D eigenvalue weighted by Gasteiger charge is -2.06. The number of carboxylic acids is 1. The first kappa shape index (κ1) is 16.2. The van der Waals surface area contributed by atoms with E-state index in [2.05, 4.69) is 10.9 Å². The molecule has 0 aliphatic carbocycles. The Kier molecular flexibility index (Phi) is 6.46. The van der Waals surface area contributed by atoms with Crippen molar-refractivity contribution in [1.82, 2.24) is 10.9 Å². The van der Waals surface area contributed by atoms with Crippen LogP contribution in [0.3, 0.4) is 0 Å². The van der Waals surface area contributed by atoms with E-state index in [0.29, 0.717) is 18.4 Å². The minimum atomic E-state index is -1.24. The molecule has 112 valence electrons. The van der Waals surface area contributed by atoms with Crippen molar-refractivity contribution in [3.8, 4) is 5.75 Å². The summed E-state index contributed by atoms with van der Waals surface area (Å²) >= 11 is 0. The van der Waals surface area contributed by atoms with Crippen molar-refractivity contribution in [2.75, 3.05) is 6.61 Å². The molecule has 0 heterocycles. The Morgan fingerprint density at radius 2 is 1.81 bits per heavy atom. The Morgan fingerprint density at radius 3 is 2.38 bits per heavy atom. The van der Waals surface area contributed by atoms with E-state index in [9.17, 15) is 14.4 Å². The molecule has 0 aromatic heterocycles. The van der Waals surface area contributed by atoms with Gasteiger partial charge in [0.1, 0.15) is 5.75 Å². The molecule has 1 aromatic carbocycles. The van der Waals surface area contributed by atoms with Crippen LogP contribution in [0.25, 0.3) is 0 Å². The molecule has 0 saturated carbocycles. The van der Waals surface area contributed by atoms with Gasteiger partial charge in [0.25, 0.3) is 5.91 Å². The molecule has 0 saturated heterocycles. The topological polar surface area (TPSA) is 105 Å². The molecule has 0 unspecified atom stereocenters. The zero-order chi connectivity index (χ0) is 15.7. The molecule has 1 aromatic rings. The Bertz CT molecular complexity index is 537. The van der Waals surface area contributed by atoms with Gasteiger partial charge >= 0.3 is 5.97 Å². The normalized spacial score (nSPS) is 10.1. The monoisotopic (exact) mass is 292 g/mol. The van der Waals surface area contributed by atoms with E-state index in [1.165, 1.54) is 0 Å². The maximum atomic E-state index is 11.6. The Morgan fingerprint density at radius 1 is 1.14 bits per heavy atom. The molecular formula is C14H16N2O5. The smallest absolute Gasteiger partial charge is 0.328 e. The summed E-state index contributed by atoms with van der Waals surface area (Å²) in [4.78, 5) is 32.9. The van der Waals surface area contributed by atoms with Gasteiger partial charge in [-0.25, -0.2) is 4.79 Å². The Hall–Kier alpha value is -2.83. The second-order valence-electron chi connectivity index (χ2n) is 3.96. The average Bonchev–Trinajstić information content (AvgIpc) is 2.45. The summed E-state index contributed by atoms with van der Waals surface area (Å²) < 4.78 is 5.28. The van der Waals surface area contributed by atoms with E-state index in [-0.39, 0.29) is 6.42 Å². The van der Waals surface area contributed by atoms with Crippen molar-refractivity contribution in [2.45, 2.75) is 13.3 Å². The molecule has 0 bridgehead atoms. The third-order valence-electron chi connectivity index (χ3n) is 2.30. The zero-order valence-electron chi connectivity index (χ0n) is 11.5.